The summed E-state index contributed by atoms with van der Waals surface area (Å²) < 4.78 is 35.8. The monoisotopic (exact) mass is 737 g/mol. The molecule has 236 valence electrons. The molecule has 3 saturated carbocycles. The second-order valence-electron chi connectivity index (χ2n) is 11.6. The Hall–Kier alpha value is -0.610. The molecule has 6 rings (SSSR count). The van der Waals surface area contributed by atoms with E-state index in [-0.39, 0.29) is 0 Å². The van der Waals surface area contributed by atoms with E-state index in [4.69, 9.17) is 84.0 Å². The van der Waals surface area contributed by atoms with E-state index in [0.29, 0.717) is 53.6 Å². The molecule has 3 aliphatic carbocycles. The van der Waals surface area contributed by atoms with Crippen LogP contribution in [0.25, 0.3) is 0 Å². The maximum absolute atomic E-state index is 14.8. The topological polar surface area (TPSA) is 54.5 Å². The van der Waals surface area contributed by atoms with Crippen LogP contribution in [0.5, 0.6) is 0 Å². The molecule has 0 bridgehead atoms. The Balaban J connectivity index is 1.32. The molecule has 3 aromatic rings. The van der Waals surface area contributed by atoms with E-state index in [1.54, 1.807) is 36.4 Å². The number of hydrogen-bond acceptors (Lipinski definition) is 7. The molecule has 3 aliphatic rings. The van der Waals surface area contributed by atoms with Crippen LogP contribution in [0, 0.1) is 0 Å². The number of hydrogen-bond donors (Lipinski definition) is 0. The van der Waals surface area contributed by atoms with E-state index >= 15 is 0 Å². The first kappa shape index (κ1) is 33.3. The predicted octanol–water partition coefficient (Wildman–Crippen LogP) is 11.5. The number of rotatable bonds is 12. The van der Waals surface area contributed by atoms with E-state index in [1.807, 2.05) is 36.4 Å². The summed E-state index contributed by atoms with van der Waals surface area (Å²) in [7, 11) is -4.70. The van der Waals surface area contributed by atoms with Crippen molar-refractivity contribution < 1.29 is 18.4 Å². The maximum atomic E-state index is 14.8. The van der Waals surface area contributed by atoms with Crippen molar-refractivity contribution in [2.24, 2.45) is 0 Å². The number of hydroxylamine groups is 3. The van der Waals surface area contributed by atoms with Gasteiger partial charge in [0.15, 0.2) is 0 Å². The second-order valence-corrected chi connectivity index (χ2v) is 15.2. The van der Waals surface area contributed by atoms with Crippen LogP contribution in [0.1, 0.15) is 74.5 Å². The first-order chi connectivity index (χ1) is 21.0. The Kier molecular flexibility index (Phi) is 9.93. The Bertz CT molecular complexity index is 1320. The summed E-state index contributed by atoms with van der Waals surface area (Å²) in [6.07, 6.45) is 6.45. The summed E-state index contributed by atoms with van der Waals surface area (Å²) >= 11 is 39.0. The van der Waals surface area contributed by atoms with Crippen molar-refractivity contribution in [3.05, 3.63) is 105 Å². The molecule has 0 radical (unpaired) electrons. The second kappa shape index (κ2) is 13.1. The number of phosphoric acid groups is 1. The molecule has 3 aromatic carbocycles. The lowest BCUT2D eigenvalue weighted by atomic mass is 9.72. The van der Waals surface area contributed by atoms with Crippen molar-refractivity contribution in [2.75, 3.05) is 0 Å². The molecule has 0 aromatic heterocycles. The average molecular weight is 740 g/mol. The zero-order valence-corrected chi connectivity index (χ0v) is 28.9. The fourth-order valence-electron chi connectivity index (χ4n) is 6.06. The van der Waals surface area contributed by atoms with Crippen LogP contribution in [-0.4, -0.2) is 13.7 Å². The van der Waals surface area contributed by atoms with Gasteiger partial charge in [-0.2, -0.15) is 13.9 Å². The van der Waals surface area contributed by atoms with Crippen LogP contribution in [0.4, 0.5) is 0 Å². The van der Waals surface area contributed by atoms with Crippen molar-refractivity contribution in [3.8, 4) is 0 Å². The Morgan fingerprint density at radius 1 is 0.477 bits per heavy atom. The van der Waals surface area contributed by atoms with Crippen molar-refractivity contribution in [3.63, 3.8) is 0 Å². The van der Waals surface area contributed by atoms with E-state index in [1.165, 1.54) is 0 Å². The van der Waals surface area contributed by atoms with Gasteiger partial charge in [-0.25, -0.2) is 4.57 Å². The molecular weight excluding hydrogens is 710 g/mol. The predicted molar refractivity (Wildman–Crippen MR) is 175 cm³/mol. The van der Waals surface area contributed by atoms with Gasteiger partial charge < -0.3 is 0 Å². The highest BCUT2D eigenvalue weighted by molar-refractivity contribution is 7.48. The first-order valence-electron chi connectivity index (χ1n) is 14.4. The number of nitrogens with zero attached hydrogens (tertiary/aromatic N) is 3. The third-order valence-corrected chi connectivity index (χ3v) is 12.5. The van der Waals surface area contributed by atoms with Crippen LogP contribution in [0.15, 0.2) is 72.8 Å². The van der Waals surface area contributed by atoms with Gasteiger partial charge >= 0.3 is 7.82 Å². The molecule has 0 amide bonds. The molecule has 7 nitrogen and oxygen atoms in total. The number of halogens is 6. The van der Waals surface area contributed by atoms with E-state index in [0.717, 1.165) is 49.7 Å². The molecule has 0 N–H and O–H groups in total. The molecule has 0 saturated heterocycles. The summed E-state index contributed by atoms with van der Waals surface area (Å²) in [5, 5.41) is 1.75. The van der Waals surface area contributed by atoms with E-state index in [9.17, 15) is 4.57 Å². The van der Waals surface area contributed by atoms with E-state index < -0.39 is 24.4 Å². The summed E-state index contributed by atoms with van der Waals surface area (Å²) in [6, 6.07) is 21.8. The van der Waals surface area contributed by atoms with Gasteiger partial charge in [0.1, 0.15) is 0 Å². The highest BCUT2D eigenvalue weighted by atomic mass is 35.5. The summed E-state index contributed by atoms with van der Waals surface area (Å²) in [5.41, 5.74) is 0.0992. The third-order valence-electron chi connectivity index (χ3n) is 9.21. The van der Waals surface area contributed by atoms with Gasteiger partial charge in [0, 0.05) is 50.4 Å². The van der Waals surface area contributed by atoms with Crippen molar-refractivity contribution in [1.82, 2.24) is 13.7 Å². The quantitative estimate of drug-likeness (QED) is 0.104. The van der Waals surface area contributed by atoms with Gasteiger partial charge in [-0.3, -0.25) is 0 Å². The minimum Gasteiger partial charge on any atom is -0.223 e. The van der Waals surface area contributed by atoms with Crippen LogP contribution >= 0.6 is 78.0 Å². The van der Waals surface area contributed by atoms with Gasteiger partial charge in [0.05, 0.1) is 16.6 Å². The Morgan fingerprint density at radius 3 is 0.886 bits per heavy atom. The molecule has 0 atom stereocenters. The highest BCUT2D eigenvalue weighted by Crippen LogP contribution is 2.63. The molecule has 3 fully saturated rings. The van der Waals surface area contributed by atoms with E-state index in [2.05, 4.69) is 0 Å². The van der Waals surface area contributed by atoms with Crippen LogP contribution in [0.3, 0.4) is 0 Å². The lowest BCUT2D eigenvalue weighted by Gasteiger charge is -2.49. The van der Waals surface area contributed by atoms with Gasteiger partial charge in [0.25, 0.3) is 0 Å². The Labute approximate surface area is 287 Å². The number of benzene rings is 3. The lowest BCUT2D eigenvalue weighted by Crippen LogP contribution is -2.49. The SMILES string of the molecule is O=P(ON(Cl)C1(c2ccc(Cl)cc2)CCC1)(ON(Cl)C1(c2ccc(Cl)cc2)CCC1)ON(Cl)C1(c2ccc(Cl)cc2)CCC1. The average Bonchev–Trinajstić information content (AvgIpc) is 2.89. The molecule has 0 heterocycles. The van der Waals surface area contributed by atoms with Gasteiger partial charge in [0.2, 0.25) is 0 Å². The lowest BCUT2D eigenvalue weighted by molar-refractivity contribution is -0.205. The molecule has 0 unspecified atom stereocenters. The molecular formula is C30H30Cl6N3O4P. The van der Waals surface area contributed by atoms with Crippen LogP contribution in [-0.2, 0) is 35.1 Å². The smallest absolute Gasteiger partial charge is 0.223 e. The summed E-state index contributed by atoms with van der Waals surface area (Å²) in [5.74, 6) is 0. The van der Waals surface area contributed by atoms with Gasteiger partial charge in [-0.05, 0) is 111 Å². The minimum atomic E-state index is -4.70. The van der Waals surface area contributed by atoms with Crippen molar-refractivity contribution >= 4 is 78.0 Å². The maximum Gasteiger partial charge on any atom is 0.528 e. The highest BCUT2D eigenvalue weighted by Gasteiger charge is 2.55. The van der Waals surface area contributed by atoms with Crippen LogP contribution < -0.4 is 0 Å². The molecule has 44 heavy (non-hydrogen) atoms. The zero-order valence-electron chi connectivity index (χ0n) is 23.5. The zero-order chi connectivity index (χ0) is 31.2. The van der Waals surface area contributed by atoms with Crippen molar-refractivity contribution in [2.45, 2.75) is 74.4 Å². The fraction of sp³-hybridized carbons (Fsp3) is 0.400. The molecule has 0 spiro atoms. The standard InChI is InChI=1S/C30H30Cl6N3O4P/c31-25-10-4-22(5-11-25)28(16-1-17-28)37(34)41-44(40,42-38(35)29(18-2-19-29)23-6-12-26(32)13-7-23)43-39(36)30(20-3-21-30)24-8-14-27(33)15-9-24/h4-15H,1-3,16-21H2. The van der Waals surface area contributed by atoms with Gasteiger partial charge in [-0.15, -0.1) is 0 Å². The first-order valence-corrected chi connectivity index (χ1v) is 18.0. The fourth-order valence-corrected chi connectivity index (χ4v) is 9.00. The van der Waals surface area contributed by atoms with Crippen molar-refractivity contribution in [1.29, 1.82) is 0 Å². The largest absolute Gasteiger partial charge is 0.528 e. The third kappa shape index (κ3) is 6.20. The molecule has 14 heteroatoms. The minimum absolute atomic E-state index is 0.583. The van der Waals surface area contributed by atoms with Gasteiger partial charge in [-0.1, -0.05) is 84.9 Å². The molecule has 0 aliphatic heterocycles. The Morgan fingerprint density at radius 2 is 0.705 bits per heavy atom. The summed E-state index contributed by atoms with van der Waals surface area (Å²) in [4.78, 5) is 0. The van der Waals surface area contributed by atoms with Crippen LogP contribution in [0.2, 0.25) is 15.1 Å². The summed E-state index contributed by atoms with van der Waals surface area (Å²) in [6.45, 7) is 0. The normalized spacial score (nSPS) is 20.3.